The molecule has 0 radical (unpaired) electrons. The van der Waals surface area contributed by atoms with Gasteiger partial charge in [-0.15, -0.1) is 0 Å². The van der Waals surface area contributed by atoms with Crippen molar-refractivity contribution in [3.05, 3.63) is 47.3 Å². The fourth-order valence-electron chi connectivity index (χ4n) is 10.8. The number of nitrogens with zero attached hydrogens (tertiary/aromatic N) is 4. The van der Waals surface area contributed by atoms with Crippen molar-refractivity contribution < 1.29 is 15.0 Å². The second kappa shape index (κ2) is 10.3. The third-order valence-electron chi connectivity index (χ3n) is 13.1. The summed E-state index contributed by atoms with van der Waals surface area (Å²) < 4.78 is 4.34. The molecular formula is C36H46N4O3S. The Morgan fingerprint density at radius 2 is 1.91 bits per heavy atom. The van der Waals surface area contributed by atoms with Crippen molar-refractivity contribution in [3.8, 4) is 0 Å². The number of allylic oxidation sites excluding steroid dienone is 1. The SMILES string of the molecule is Cn1c(SCC(=O)[C@@]2(O)CCC3C4CCC5=Cc6c(cnn6C6CCCCC6)CC5(C)C4C(O)CC32C)nc2ccccc21. The van der Waals surface area contributed by atoms with Crippen molar-refractivity contribution in [2.45, 2.75) is 107 Å². The van der Waals surface area contributed by atoms with Crippen LogP contribution in [0.2, 0.25) is 0 Å². The van der Waals surface area contributed by atoms with Gasteiger partial charge >= 0.3 is 0 Å². The van der Waals surface area contributed by atoms with E-state index in [0.717, 1.165) is 41.9 Å². The minimum absolute atomic E-state index is 0.120. The molecule has 3 aromatic rings. The van der Waals surface area contributed by atoms with Crippen LogP contribution in [0.3, 0.4) is 0 Å². The Kier molecular flexibility index (Phi) is 6.79. The fraction of sp³-hybridized carbons (Fsp3) is 0.639. The van der Waals surface area contributed by atoms with Gasteiger partial charge in [0.1, 0.15) is 5.60 Å². The molecular weight excluding hydrogens is 568 g/mol. The molecule has 0 amide bonds. The van der Waals surface area contributed by atoms with Gasteiger partial charge in [0.05, 0.1) is 40.8 Å². The van der Waals surface area contributed by atoms with Crippen LogP contribution >= 0.6 is 11.8 Å². The lowest BCUT2D eigenvalue weighted by Crippen LogP contribution is -2.62. The highest BCUT2D eigenvalue weighted by Gasteiger charge is 2.68. The van der Waals surface area contributed by atoms with Gasteiger partial charge in [-0.2, -0.15) is 5.10 Å². The molecule has 2 N–H and O–H groups in total. The number of ketones is 1. The van der Waals surface area contributed by atoms with E-state index < -0.39 is 17.1 Å². The molecule has 8 heteroatoms. The standard InChI is InChI=1S/C36H46N4O3S/c1-34-18-22-20-37-40(24-9-5-4-6-10-24)29(22)17-23(34)13-14-25-26-15-16-36(43,35(26,2)19-30(41)32(25)34)31(42)21-44-33-38-27-11-7-8-12-28(27)39(33)3/h7-8,11-12,17,20,24-26,30,32,41,43H,4-6,9-10,13-16,18-19,21H2,1-3H3/t25?,26?,30?,32?,34?,35?,36-/m0/s1. The summed E-state index contributed by atoms with van der Waals surface area (Å²) in [4.78, 5) is 18.7. The zero-order valence-electron chi connectivity index (χ0n) is 26.3. The van der Waals surface area contributed by atoms with Crippen LogP contribution < -0.4 is 0 Å². The summed E-state index contributed by atoms with van der Waals surface area (Å²) in [6.07, 6.45) is 15.0. The lowest BCUT2D eigenvalue weighted by Gasteiger charge is -2.60. The first-order valence-electron chi connectivity index (χ1n) is 16.9. The van der Waals surface area contributed by atoms with E-state index in [0.29, 0.717) is 18.9 Å². The van der Waals surface area contributed by atoms with E-state index in [2.05, 4.69) is 30.8 Å². The molecule has 0 aliphatic heterocycles. The average Bonchev–Trinajstić information content (AvgIpc) is 3.66. The number of aryl methyl sites for hydroxylation is 1. The van der Waals surface area contributed by atoms with Gasteiger partial charge in [-0.1, -0.05) is 62.6 Å². The summed E-state index contributed by atoms with van der Waals surface area (Å²) >= 11 is 1.41. The van der Waals surface area contributed by atoms with E-state index in [-0.39, 0.29) is 34.7 Å². The number of hydrogen-bond donors (Lipinski definition) is 2. The monoisotopic (exact) mass is 614 g/mol. The highest BCUT2D eigenvalue weighted by molar-refractivity contribution is 7.99. The maximum atomic E-state index is 13.9. The number of aliphatic hydroxyl groups is 2. The molecule has 234 valence electrons. The van der Waals surface area contributed by atoms with Gasteiger partial charge in [-0.25, -0.2) is 4.98 Å². The molecule has 44 heavy (non-hydrogen) atoms. The first-order chi connectivity index (χ1) is 21.1. The van der Waals surface area contributed by atoms with Crippen LogP contribution in [0, 0.1) is 28.6 Å². The van der Waals surface area contributed by atoms with Crippen molar-refractivity contribution >= 4 is 34.7 Å². The Bertz CT molecular complexity index is 1650. The number of aromatic nitrogens is 4. The molecule has 4 saturated carbocycles. The van der Waals surface area contributed by atoms with Crippen LogP contribution in [-0.2, 0) is 18.3 Å². The number of para-hydroxylation sites is 2. The van der Waals surface area contributed by atoms with Crippen LogP contribution in [0.5, 0.6) is 0 Å². The third kappa shape index (κ3) is 4.05. The molecule has 2 heterocycles. The highest BCUT2D eigenvalue weighted by atomic mass is 32.2. The summed E-state index contributed by atoms with van der Waals surface area (Å²) in [7, 11) is 1.98. The number of Topliss-reactive ketones (excluding diaryl/α,β-unsaturated/α-hetero) is 1. The number of hydrogen-bond acceptors (Lipinski definition) is 6. The predicted molar refractivity (Wildman–Crippen MR) is 173 cm³/mol. The average molecular weight is 615 g/mol. The summed E-state index contributed by atoms with van der Waals surface area (Å²) in [5.74, 6) is 0.688. The van der Waals surface area contributed by atoms with Crippen LogP contribution in [0.4, 0.5) is 0 Å². The van der Waals surface area contributed by atoms with Gasteiger partial charge in [0, 0.05) is 12.5 Å². The van der Waals surface area contributed by atoms with Gasteiger partial charge in [-0.05, 0) is 98.3 Å². The first kappa shape index (κ1) is 29.0. The summed E-state index contributed by atoms with van der Waals surface area (Å²) in [6.45, 7) is 4.48. The number of fused-ring (bicyclic) bond motifs is 7. The Morgan fingerprint density at radius 1 is 1.11 bits per heavy atom. The normalized spacial score (nSPS) is 36.8. The molecule has 0 saturated heterocycles. The van der Waals surface area contributed by atoms with Crippen LogP contribution in [0.1, 0.15) is 95.4 Å². The second-order valence-corrected chi connectivity index (χ2v) is 16.1. The van der Waals surface area contributed by atoms with E-state index in [9.17, 15) is 15.0 Å². The van der Waals surface area contributed by atoms with E-state index in [4.69, 9.17) is 10.1 Å². The Morgan fingerprint density at radius 3 is 2.70 bits per heavy atom. The maximum Gasteiger partial charge on any atom is 0.175 e. The minimum atomic E-state index is -1.43. The number of imidazole rings is 1. The van der Waals surface area contributed by atoms with Crippen molar-refractivity contribution in [2.24, 2.45) is 35.6 Å². The molecule has 6 unspecified atom stereocenters. The summed E-state index contributed by atoms with van der Waals surface area (Å²) in [5.41, 5.74) is 3.84. The smallest absolute Gasteiger partial charge is 0.175 e. The molecule has 5 aliphatic rings. The van der Waals surface area contributed by atoms with E-state index in [1.165, 1.54) is 60.7 Å². The maximum absolute atomic E-state index is 13.9. The molecule has 0 bridgehead atoms. The minimum Gasteiger partial charge on any atom is -0.393 e. The van der Waals surface area contributed by atoms with E-state index >= 15 is 0 Å². The van der Waals surface area contributed by atoms with Crippen molar-refractivity contribution in [3.63, 3.8) is 0 Å². The lowest BCUT2D eigenvalue weighted by atomic mass is 9.45. The topological polar surface area (TPSA) is 93.2 Å². The lowest BCUT2D eigenvalue weighted by molar-refractivity contribution is -0.177. The molecule has 1 aromatic carbocycles. The number of rotatable bonds is 5. The van der Waals surface area contributed by atoms with Crippen molar-refractivity contribution in [1.29, 1.82) is 0 Å². The van der Waals surface area contributed by atoms with E-state index in [1.54, 1.807) is 0 Å². The Hall–Kier alpha value is -2.42. The summed E-state index contributed by atoms with van der Waals surface area (Å²) in [5, 5.41) is 30.0. The first-order valence-corrected chi connectivity index (χ1v) is 17.9. The fourth-order valence-corrected chi connectivity index (χ4v) is 11.7. The third-order valence-corrected chi connectivity index (χ3v) is 14.1. The van der Waals surface area contributed by atoms with Crippen molar-refractivity contribution in [1.82, 2.24) is 19.3 Å². The zero-order valence-corrected chi connectivity index (χ0v) is 27.2. The largest absolute Gasteiger partial charge is 0.393 e. The van der Waals surface area contributed by atoms with Crippen LogP contribution in [0.25, 0.3) is 17.1 Å². The Balaban J connectivity index is 1.04. The Labute approximate surface area is 264 Å². The predicted octanol–water partition coefficient (Wildman–Crippen LogP) is 6.52. The summed E-state index contributed by atoms with van der Waals surface area (Å²) in [6, 6.07) is 8.49. The number of thioether (sulfide) groups is 1. The highest BCUT2D eigenvalue weighted by Crippen LogP contribution is 2.67. The number of aliphatic hydroxyl groups excluding tert-OH is 1. The number of carbonyl (C=O) groups is 1. The van der Waals surface area contributed by atoms with Crippen molar-refractivity contribution in [2.75, 3.05) is 5.75 Å². The molecule has 2 aromatic heterocycles. The molecule has 4 fully saturated rings. The van der Waals surface area contributed by atoms with Crippen LogP contribution in [-0.4, -0.2) is 52.8 Å². The number of carbonyl (C=O) groups excluding carboxylic acids is 1. The van der Waals surface area contributed by atoms with Gasteiger partial charge < -0.3 is 14.8 Å². The quantitative estimate of drug-likeness (QED) is 0.318. The van der Waals surface area contributed by atoms with Gasteiger partial charge in [0.2, 0.25) is 0 Å². The number of benzene rings is 1. The van der Waals surface area contributed by atoms with Gasteiger partial charge in [0.15, 0.2) is 10.9 Å². The second-order valence-electron chi connectivity index (χ2n) is 15.1. The molecule has 7 nitrogen and oxygen atoms in total. The van der Waals surface area contributed by atoms with Gasteiger partial charge in [0.25, 0.3) is 0 Å². The molecule has 7 atom stereocenters. The molecule has 5 aliphatic carbocycles. The van der Waals surface area contributed by atoms with E-state index in [1.807, 2.05) is 35.9 Å². The molecule has 8 rings (SSSR count). The van der Waals surface area contributed by atoms with Crippen LogP contribution in [0.15, 0.2) is 41.2 Å². The molecule has 0 spiro atoms. The zero-order chi connectivity index (χ0) is 30.4. The van der Waals surface area contributed by atoms with Gasteiger partial charge in [-0.3, -0.25) is 9.48 Å².